The van der Waals surface area contributed by atoms with E-state index in [1.807, 2.05) is 30.3 Å². The lowest BCUT2D eigenvalue weighted by Crippen LogP contribution is -2.31. The van der Waals surface area contributed by atoms with E-state index in [2.05, 4.69) is 0 Å². The Morgan fingerprint density at radius 3 is 2.44 bits per heavy atom. The summed E-state index contributed by atoms with van der Waals surface area (Å²) in [5.74, 6) is -0.744. The third-order valence-corrected chi connectivity index (χ3v) is 6.03. The van der Waals surface area contributed by atoms with Crippen LogP contribution in [0.2, 0.25) is 0 Å². The number of carbonyl (C=O) groups excluding carboxylic acids is 2. The van der Waals surface area contributed by atoms with E-state index in [1.54, 1.807) is 30.3 Å². The van der Waals surface area contributed by atoms with E-state index in [9.17, 15) is 19.8 Å². The zero-order valence-electron chi connectivity index (χ0n) is 18.3. The van der Waals surface area contributed by atoms with Crippen molar-refractivity contribution >= 4 is 17.4 Å². The molecule has 1 fully saturated rings. The van der Waals surface area contributed by atoms with E-state index < -0.39 is 17.7 Å². The zero-order chi connectivity index (χ0) is 23.7. The first-order valence-electron chi connectivity index (χ1n) is 11.0. The molecule has 2 aliphatic rings. The van der Waals surface area contributed by atoms with Crippen molar-refractivity contribution in [2.45, 2.75) is 12.5 Å². The second kappa shape index (κ2) is 8.94. The van der Waals surface area contributed by atoms with Crippen LogP contribution in [0.5, 0.6) is 17.2 Å². The molecule has 0 aromatic heterocycles. The first-order chi connectivity index (χ1) is 16.5. The highest BCUT2D eigenvalue weighted by Crippen LogP contribution is 2.41. The summed E-state index contributed by atoms with van der Waals surface area (Å²) in [4.78, 5) is 27.7. The third-order valence-electron chi connectivity index (χ3n) is 6.03. The zero-order valence-corrected chi connectivity index (χ0v) is 18.3. The van der Waals surface area contributed by atoms with Crippen LogP contribution in [-0.2, 0) is 16.0 Å². The van der Waals surface area contributed by atoms with E-state index in [0.717, 1.165) is 5.56 Å². The Morgan fingerprint density at radius 1 is 0.912 bits per heavy atom. The summed E-state index contributed by atoms with van der Waals surface area (Å²) in [6.45, 7) is 1.08. The number of ether oxygens (including phenoxy) is 2. The first kappa shape index (κ1) is 21.6. The Bertz CT molecular complexity index is 1280. The highest BCUT2D eigenvalue weighted by molar-refractivity contribution is 6.46. The lowest BCUT2D eigenvalue weighted by Gasteiger charge is -2.25. The minimum absolute atomic E-state index is 0.00507. The summed E-state index contributed by atoms with van der Waals surface area (Å²) >= 11 is 0. The fourth-order valence-electron chi connectivity index (χ4n) is 4.39. The number of Topliss-reactive ketones (excluding diaryl/α,β-unsaturated/α-hetero) is 1. The molecule has 2 aliphatic heterocycles. The van der Waals surface area contributed by atoms with Gasteiger partial charge in [-0.1, -0.05) is 42.5 Å². The molecule has 0 bridgehead atoms. The fraction of sp³-hybridized carbons (Fsp3) is 0.185. The number of hydrogen-bond donors (Lipinski definition) is 2. The lowest BCUT2D eigenvalue weighted by molar-refractivity contribution is -0.139. The van der Waals surface area contributed by atoms with Crippen LogP contribution >= 0.6 is 0 Å². The molecule has 0 spiro atoms. The van der Waals surface area contributed by atoms with Gasteiger partial charge < -0.3 is 24.6 Å². The molecule has 1 saturated heterocycles. The molecule has 34 heavy (non-hydrogen) atoms. The van der Waals surface area contributed by atoms with Crippen LogP contribution in [0, 0.1) is 0 Å². The Balaban J connectivity index is 1.58. The van der Waals surface area contributed by atoms with E-state index in [4.69, 9.17) is 9.47 Å². The first-order valence-corrected chi connectivity index (χ1v) is 11.0. The number of amides is 1. The summed E-state index contributed by atoms with van der Waals surface area (Å²) in [5, 5.41) is 21.3. The van der Waals surface area contributed by atoms with Gasteiger partial charge in [0, 0.05) is 12.1 Å². The van der Waals surface area contributed by atoms with E-state index in [-0.39, 0.29) is 23.6 Å². The summed E-state index contributed by atoms with van der Waals surface area (Å²) < 4.78 is 11.1. The molecule has 3 aromatic carbocycles. The Kier molecular flexibility index (Phi) is 5.67. The molecule has 7 nitrogen and oxygen atoms in total. The molecule has 0 unspecified atom stereocenters. The number of aromatic hydroxyl groups is 1. The molecule has 0 saturated carbocycles. The van der Waals surface area contributed by atoms with Crippen molar-refractivity contribution in [3.05, 3.63) is 95.1 Å². The number of nitrogens with zero attached hydrogens (tertiary/aromatic N) is 1. The topological polar surface area (TPSA) is 96.3 Å². The second-order valence-corrected chi connectivity index (χ2v) is 8.18. The molecule has 2 heterocycles. The van der Waals surface area contributed by atoms with Crippen LogP contribution in [0.4, 0.5) is 0 Å². The largest absolute Gasteiger partial charge is 0.508 e. The Labute approximate surface area is 196 Å². The number of phenolic OH excluding ortho intramolecular Hbond substituents is 1. The van der Waals surface area contributed by atoms with Gasteiger partial charge in [0.05, 0.1) is 11.6 Å². The van der Waals surface area contributed by atoms with Gasteiger partial charge in [0.1, 0.15) is 24.7 Å². The van der Waals surface area contributed by atoms with Gasteiger partial charge in [0.2, 0.25) is 0 Å². The van der Waals surface area contributed by atoms with Crippen LogP contribution in [0.25, 0.3) is 5.76 Å². The van der Waals surface area contributed by atoms with Crippen molar-refractivity contribution in [2.75, 3.05) is 19.8 Å². The number of rotatable bonds is 5. The second-order valence-electron chi connectivity index (χ2n) is 8.18. The van der Waals surface area contributed by atoms with Gasteiger partial charge in [-0.2, -0.15) is 0 Å². The van der Waals surface area contributed by atoms with Crippen LogP contribution in [0.1, 0.15) is 22.7 Å². The molecule has 0 aliphatic carbocycles. The summed E-state index contributed by atoms with van der Waals surface area (Å²) in [6.07, 6.45) is 0.535. The SMILES string of the molecule is O=C1C(=O)N(CCc2ccccc2)[C@@H](c2cccc(O)c2)/C1=C(\O)c1ccc2c(c1)OCCO2. The van der Waals surface area contributed by atoms with Gasteiger partial charge in [0.15, 0.2) is 11.5 Å². The predicted octanol–water partition coefficient (Wildman–Crippen LogP) is 3.83. The van der Waals surface area contributed by atoms with Crippen molar-refractivity contribution in [1.82, 2.24) is 4.90 Å². The number of aliphatic hydroxyl groups excluding tert-OH is 1. The molecule has 3 aromatic rings. The number of likely N-dealkylation sites (tertiary alicyclic amines) is 1. The third kappa shape index (κ3) is 3.96. The van der Waals surface area contributed by atoms with E-state index in [1.165, 1.54) is 17.0 Å². The minimum Gasteiger partial charge on any atom is -0.508 e. The molecule has 172 valence electrons. The highest BCUT2D eigenvalue weighted by atomic mass is 16.6. The van der Waals surface area contributed by atoms with Crippen LogP contribution in [0.15, 0.2) is 78.4 Å². The number of hydrogen-bond acceptors (Lipinski definition) is 6. The maximum absolute atomic E-state index is 13.2. The number of fused-ring (bicyclic) bond motifs is 1. The van der Waals surface area contributed by atoms with Gasteiger partial charge in [-0.3, -0.25) is 9.59 Å². The molecule has 2 N–H and O–H groups in total. The smallest absolute Gasteiger partial charge is 0.295 e. The van der Waals surface area contributed by atoms with Crippen molar-refractivity contribution < 1.29 is 29.3 Å². The summed E-state index contributed by atoms with van der Waals surface area (Å²) in [5.41, 5.74) is 1.87. The molecule has 1 atom stereocenters. The summed E-state index contributed by atoms with van der Waals surface area (Å²) in [7, 11) is 0. The lowest BCUT2D eigenvalue weighted by atomic mass is 9.95. The summed E-state index contributed by atoms with van der Waals surface area (Å²) in [6, 6.07) is 20.1. The van der Waals surface area contributed by atoms with Crippen LogP contribution < -0.4 is 9.47 Å². The average molecular weight is 457 g/mol. The molecular formula is C27H23NO6. The Morgan fingerprint density at radius 2 is 1.68 bits per heavy atom. The van der Waals surface area contributed by atoms with Crippen LogP contribution in [-0.4, -0.2) is 46.6 Å². The maximum Gasteiger partial charge on any atom is 0.295 e. The average Bonchev–Trinajstić information content (AvgIpc) is 3.12. The molecular weight excluding hydrogens is 434 g/mol. The molecule has 7 heteroatoms. The number of benzene rings is 3. The van der Waals surface area contributed by atoms with Crippen molar-refractivity contribution in [3.63, 3.8) is 0 Å². The molecule has 5 rings (SSSR count). The van der Waals surface area contributed by atoms with Gasteiger partial charge in [-0.15, -0.1) is 0 Å². The Hall–Kier alpha value is -4.26. The van der Waals surface area contributed by atoms with Crippen LogP contribution in [0.3, 0.4) is 0 Å². The number of phenols is 1. The highest BCUT2D eigenvalue weighted by Gasteiger charge is 2.46. The fourth-order valence-corrected chi connectivity index (χ4v) is 4.39. The van der Waals surface area contributed by atoms with E-state index in [0.29, 0.717) is 42.3 Å². The monoisotopic (exact) mass is 457 g/mol. The quantitative estimate of drug-likeness (QED) is 0.344. The van der Waals surface area contributed by atoms with Gasteiger partial charge >= 0.3 is 0 Å². The van der Waals surface area contributed by atoms with Gasteiger partial charge in [0.25, 0.3) is 11.7 Å². The normalized spacial score (nSPS) is 18.8. The predicted molar refractivity (Wildman–Crippen MR) is 125 cm³/mol. The van der Waals surface area contributed by atoms with Gasteiger partial charge in [-0.25, -0.2) is 0 Å². The minimum atomic E-state index is -0.844. The van der Waals surface area contributed by atoms with Crippen molar-refractivity contribution in [3.8, 4) is 17.2 Å². The molecule has 1 amide bonds. The van der Waals surface area contributed by atoms with Crippen molar-refractivity contribution in [2.24, 2.45) is 0 Å². The van der Waals surface area contributed by atoms with Gasteiger partial charge in [-0.05, 0) is 47.9 Å². The maximum atomic E-state index is 13.2. The number of ketones is 1. The number of carbonyl (C=O) groups is 2. The van der Waals surface area contributed by atoms with Crippen molar-refractivity contribution in [1.29, 1.82) is 0 Å². The molecule has 0 radical (unpaired) electrons. The standard InChI is InChI=1S/C27H23NO6/c29-20-8-4-7-18(15-20)24-23(25(30)19-9-10-21-22(16-19)34-14-13-33-21)26(31)27(32)28(24)12-11-17-5-2-1-3-6-17/h1-10,15-16,24,29-30H,11-14H2/b25-23+/t24-/m0/s1. The van der Waals surface area contributed by atoms with E-state index >= 15 is 0 Å². The number of aliphatic hydroxyl groups is 1.